The van der Waals surface area contributed by atoms with Gasteiger partial charge in [-0.2, -0.15) is 0 Å². The van der Waals surface area contributed by atoms with Gasteiger partial charge in [0, 0.05) is 5.92 Å². The van der Waals surface area contributed by atoms with E-state index in [1.165, 1.54) is 57.7 Å². The highest BCUT2D eigenvalue weighted by atomic mass is 16.1. The summed E-state index contributed by atoms with van der Waals surface area (Å²) in [6.07, 6.45) is 14.0. The number of aldehydes is 1. The maximum absolute atomic E-state index is 12.2. The van der Waals surface area contributed by atoms with E-state index in [1.54, 1.807) is 0 Å². The van der Waals surface area contributed by atoms with Gasteiger partial charge in [0.05, 0.1) is 0 Å². The van der Waals surface area contributed by atoms with Crippen LogP contribution in [0.15, 0.2) is 0 Å². The van der Waals surface area contributed by atoms with Gasteiger partial charge in [-0.15, -0.1) is 0 Å². The lowest BCUT2D eigenvalue weighted by atomic mass is 9.39. The third-order valence-electron chi connectivity index (χ3n) is 12.0. The maximum atomic E-state index is 12.2. The molecule has 0 bridgehead atoms. The fourth-order valence-corrected chi connectivity index (χ4v) is 11.1. The molecule has 0 saturated heterocycles. The molecule has 0 spiro atoms. The van der Waals surface area contributed by atoms with Gasteiger partial charge in [-0.05, 0) is 127 Å². The van der Waals surface area contributed by atoms with Crippen LogP contribution in [0.5, 0.6) is 0 Å². The Labute approximate surface area is 192 Å². The first-order valence-electron chi connectivity index (χ1n) is 13.9. The number of fused-ring (bicyclic) bond motifs is 7. The van der Waals surface area contributed by atoms with Crippen LogP contribution in [0.25, 0.3) is 0 Å². The van der Waals surface area contributed by atoms with Gasteiger partial charge in [0.25, 0.3) is 0 Å². The fraction of sp³-hybridized carbons (Fsp3) is 0.967. The molecule has 8 unspecified atom stereocenters. The van der Waals surface area contributed by atoms with Gasteiger partial charge in [0.15, 0.2) is 0 Å². The van der Waals surface area contributed by atoms with E-state index < -0.39 is 0 Å². The number of hydrogen-bond donors (Lipinski definition) is 0. The lowest BCUT2D eigenvalue weighted by Crippen LogP contribution is -2.59. The van der Waals surface area contributed by atoms with E-state index in [1.807, 2.05) is 0 Å². The predicted octanol–water partition coefficient (Wildman–Crippen LogP) is 8.02. The Morgan fingerprint density at radius 1 is 0.677 bits per heavy atom. The number of carbonyl (C=O) groups excluding carboxylic acids is 1. The van der Waals surface area contributed by atoms with Crippen LogP contribution >= 0.6 is 0 Å². The monoisotopic (exact) mass is 426 g/mol. The van der Waals surface area contributed by atoms with Crippen molar-refractivity contribution >= 4 is 6.29 Å². The molecule has 5 aliphatic rings. The van der Waals surface area contributed by atoms with Crippen LogP contribution < -0.4 is 0 Å². The molecule has 0 aliphatic heterocycles. The van der Waals surface area contributed by atoms with Gasteiger partial charge in [-0.3, -0.25) is 0 Å². The summed E-state index contributed by atoms with van der Waals surface area (Å²) in [7, 11) is 0. The Hall–Kier alpha value is -0.330. The van der Waals surface area contributed by atoms with Crippen LogP contribution in [0.4, 0.5) is 0 Å². The molecule has 31 heavy (non-hydrogen) atoms. The molecule has 5 fully saturated rings. The first kappa shape index (κ1) is 22.5. The molecule has 5 aliphatic carbocycles. The molecule has 1 heteroatoms. The maximum Gasteiger partial charge on any atom is 0.123 e. The standard InChI is InChI=1S/C30H50O/c1-18-12-13-29(4,5)25-11-10-21-20(26(18)25)8-9-22-24-15-28(2,3)14-19(17-31)23(24)16-30(6,7)27(21)22/h17-27H,8-16H2,1-7H3/t18-,19+,20?,21?,22?,23?,24?,25?,26?,27?/m1/s1. The van der Waals surface area contributed by atoms with Crippen LogP contribution in [0, 0.1) is 75.4 Å². The second-order valence-corrected chi connectivity index (χ2v) is 15.3. The van der Waals surface area contributed by atoms with Crippen molar-refractivity contribution in [3.63, 3.8) is 0 Å². The summed E-state index contributed by atoms with van der Waals surface area (Å²) >= 11 is 0. The fourth-order valence-electron chi connectivity index (χ4n) is 11.1. The molecule has 5 rings (SSSR count). The third kappa shape index (κ3) is 3.49. The average molecular weight is 427 g/mol. The van der Waals surface area contributed by atoms with E-state index in [0.717, 1.165) is 53.8 Å². The molecule has 0 aromatic heterocycles. The average Bonchev–Trinajstić information content (AvgIpc) is 2.69. The molecule has 0 amide bonds. The Balaban J connectivity index is 1.47. The molecule has 176 valence electrons. The zero-order valence-corrected chi connectivity index (χ0v) is 21.6. The Morgan fingerprint density at radius 3 is 2.03 bits per heavy atom. The number of hydrogen-bond acceptors (Lipinski definition) is 1. The second kappa shape index (κ2) is 7.33. The van der Waals surface area contributed by atoms with Crippen molar-refractivity contribution in [1.29, 1.82) is 0 Å². The summed E-state index contributed by atoms with van der Waals surface area (Å²) in [4.78, 5) is 12.2. The number of rotatable bonds is 1. The SMILES string of the molecule is C[C@@H]1CCC(C)(C)C2CCC3C(CCC4C5CC(C)(C)C[C@@H](C=O)C5CC(C)(C)C34)C21. The highest BCUT2D eigenvalue weighted by Gasteiger charge is 2.61. The van der Waals surface area contributed by atoms with Crippen molar-refractivity contribution in [2.75, 3.05) is 0 Å². The molecule has 5 saturated carbocycles. The minimum Gasteiger partial charge on any atom is -0.303 e. The molecular weight excluding hydrogens is 376 g/mol. The van der Waals surface area contributed by atoms with Crippen molar-refractivity contribution in [2.24, 2.45) is 75.4 Å². The van der Waals surface area contributed by atoms with Crippen LogP contribution in [-0.2, 0) is 4.79 Å². The van der Waals surface area contributed by atoms with E-state index in [9.17, 15) is 4.79 Å². The lowest BCUT2D eigenvalue weighted by Gasteiger charge is -2.66. The quantitative estimate of drug-likeness (QED) is 0.388. The van der Waals surface area contributed by atoms with Crippen molar-refractivity contribution in [3.8, 4) is 0 Å². The van der Waals surface area contributed by atoms with Gasteiger partial charge in [-0.25, -0.2) is 0 Å². The molecule has 0 radical (unpaired) electrons. The summed E-state index contributed by atoms with van der Waals surface area (Å²) < 4.78 is 0. The van der Waals surface area contributed by atoms with Crippen LogP contribution in [0.1, 0.15) is 106 Å². The van der Waals surface area contributed by atoms with Crippen LogP contribution in [0.2, 0.25) is 0 Å². The van der Waals surface area contributed by atoms with Crippen molar-refractivity contribution < 1.29 is 4.79 Å². The Bertz CT molecular complexity index is 701. The summed E-state index contributed by atoms with van der Waals surface area (Å²) in [5, 5.41) is 0. The smallest absolute Gasteiger partial charge is 0.123 e. The molecule has 10 atom stereocenters. The van der Waals surface area contributed by atoms with Crippen LogP contribution in [-0.4, -0.2) is 6.29 Å². The zero-order chi connectivity index (χ0) is 22.3. The summed E-state index contributed by atoms with van der Waals surface area (Å²) in [5.41, 5.74) is 1.30. The van der Waals surface area contributed by atoms with Gasteiger partial charge in [0.1, 0.15) is 6.29 Å². The topological polar surface area (TPSA) is 17.1 Å². The normalized spacial score (nSPS) is 52.1. The van der Waals surface area contributed by atoms with Crippen molar-refractivity contribution in [3.05, 3.63) is 0 Å². The first-order valence-corrected chi connectivity index (χ1v) is 13.9. The summed E-state index contributed by atoms with van der Waals surface area (Å²) in [5.74, 6) is 8.32. The summed E-state index contributed by atoms with van der Waals surface area (Å²) in [6.45, 7) is 17.9. The predicted molar refractivity (Wildman–Crippen MR) is 130 cm³/mol. The van der Waals surface area contributed by atoms with Gasteiger partial charge >= 0.3 is 0 Å². The van der Waals surface area contributed by atoms with Gasteiger partial charge in [0.2, 0.25) is 0 Å². The minimum atomic E-state index is 0.307. The van der Waals surface area contributed by atoms with Gasteiger partial charge in [-0.1, -0.05) is 48.5 Å². The third-order valence-corrected chi connectivity index (χ3v) is 12.0. The molecule has 0 aromatic rings. The highest BCUT2D eigenvalue weighted by Crippen LogP contribution is 2.68. The largest absolute Gasteiger partial charge is 0.303 e. The van der Waals surface area contributed by atoms with E-state index in [0.29, 0.717) is 28.1 Å². The zero-order valence-electron chi connectivity index (χ0n) is 21.6. The van der Waals surface area contributed by atoms with Crippen molar-refractivity contribution in [2.45, 2.75) is 106 Å². The summed E-state index contributed by atoms with van der Waals surface area (Å²) in [6, 6.07) is 0. The lowest BCUT2D eigenvalue weighted by molar-refractivity contribution is -0.171. The van der Waals surface area contributed by atoms with E-state index in [4.69, 9.17) is 0 Å². The Morgan fingerprint density at radius 2 is 1.32 bits per heavy atom. The van der Waals surface area contributed by atoms with Crippen LogP contribution in [0.3, 0.4) is 0 Å². The van der Waals surface area contributed by atoms with E-state index >= 15 is 0 Å². The second-order valence-electron chi connectivity index (χ2n) is 15.3. The van der Waals surface area contributed by atoms with E-state index in [2.05, 4.69) is 48.5 Å². The van der Waals surface area contributed by atoms with Gasteiger partial charge < -0.3 is 4.79 Å². The minimum absolute atomic E-state index is 0.307. The van der Waals surface area contributed by atoms with E-state index in [-0.39, 0.29) is 0 Å². The molecule has 1 nitrogen and oxygen atoms in total. The van der Waals surface area contributed by atoms with Crippen molar-refractivity contribution in [1.82, 2.24) is 0 Å². The highest BCUT2D eigenvalue weighted by molar-refractivity contribution is 5.55. The molecule has 0 aromatic carbocycles. The Kier molecular flexibility index (Phi) is 5.31. The molecule has 0 heterocycles. The molecule has 0 N–H and O–H groups in total. The molecular formula is C30H50O. The first-order chi connectivity index (χ1) is 14.5. The number of carbonyl (C=O) groups is 1.